The summed E-state index contributed by atoms with van der Waals surface area (Å²) in [5.41, 5.74) is 0.880. The van der Waals surface area contributed by atoms with E-state index in [1.807, 2.05) is 0 Å². The van der Waals surface area contributed by atoms with Crippen LogP contribution in [0.4, 0.5) is 0 Å². The van der Waals surface area contributed by atoms with Gasteiger partial charge in [0, 0.05) is 28.7 Å². The minimum Gasteiger partial charge on any atom is -0.376 e. The average molecular weight is 305 g/mol. The van der Waals surface area contributed by atoms with Gasteiger partial charge >= 0.3 is 0 Å². The maximum Gasteiger partial charge on any atom is 0.267 e. The Hall–Kier alpha value is -1.81. The third-order valence-corrected chi connectivity index (χ3v) is 4.32. The van der Waals surface area contributed by atoms with Gasteiger partial charge in [-0.25, -0.2) is 0 Å². The Bertz CT molecular complexity index is 595. The quantitative estimate of drug-likeness (QED) is 0.652. The molecule has 1 saturated carbocycles. The van der Waals surface area contributed by atoms with Gasteiger partial charge in [-0.3, -0.25) is 9.59 Å². The topological polar surface area (TPSA) is 58.2 Å². The smallest absolute Gasteiger partial charge is 0.267 e. The monoisotopic (exact) mass is 304 g/mol. The SMILES string of the molecule is O=C1N[C@H]2CCCC[C@@H]2N/C1=C\C(=O)c1ccc(Cl)cc1. The van der Waals surface area contributed by atoms with Gasteiger partial charge in [0.05, 0.1) is 0 Å². The lowest BCUT2D eigenvalue weighted by Gasteiger charge is -2.38. The number of ketones is 1. The second-order valence-corrected chi connectivity index (χ2v) is 5.98. The minimum absolute atomic E-state index is 0.189. The number of amides is 1. The molecule has 0 aromatic heterocycles. The standard InChI is InChI=1S/C16H17ClN2O2/c17-11-7-5-10(6-8-11)15(20)9-14-16(21)19-13-4-2-1-3-12(13)18-14/h5-9,12-13,18H,1-4H2,(H,19,21)/b14-9-/t12-,13-/m0/s1. The number of carbonyl (C=O) groups excluding carboxylic acids is 2. The summed E-state index contributed by atoms with van der Waals surface area (Å²) in [6.07, 6.45) is 5.71. The Labute approximate surface area is 128 Å². The van der Waals surface area contributed by atoms with E-state index >= 15 is 0 Å². The molecule has 4 nitrogen and oxygen atoms in total. The molecule has 2 N–H and O–H groups in total. The third kappa shape index (κ3) is 3.10. The first-order valence-electron chi connectivity index (χ1n) is 7.22. The molecule has 2 atom stereocenters. The molecule has 3 rings (SSSR count). The van der Waals surface area contributed by atoms with Crippen molar-refractivity contribution < 1.29 is 9.59 Å². The van der Waals surface area contributed by atoms with Crippen molar-refractivity contribution >= 4 is 23.3 Å². The van der Waals surface area contributed by atoms with Crippen molar-refractivity contribution in [1.29, 1.82) is 0 Å². The van der Waals surface area contributed by atoms with Crippen LogP contribution in [0.5, 0.6) is 0 Å². The van der Waals surface area contributed by atoms with Crippen molar-refractivity contribution in [3.05, 3.63) is 46.6 Å². The Kier molecular flexibility index (Phi) is 3.97. The van der Waals surface area contributed by atoms with E-state index in [1.165, 1.54) is 6.08 Å². The number of allylic oxidation sites excluding steroid dienone is 1. The Balaban J connectivity index is 1.77. The summed E-state index contributed by atoms with van der Waals surface area (Å²) in [4.78, 5) is 24.2. The summed E-state index contributed by atoms with van der Waals surface area (Å²) in [6, 6.07) is 7.07. The van der Waals surface area contributed by atoms with E-state index in [-0.39, 0.29) is 23.8 Å². The maximum absolute atomic E-state index is 12.2. The number of benzene rings is 1. The molecule has 1 heterocycles. The number of carbonyl (C=O) groups is 2. The molecule has 1 aliphatic heterocycles. The molecule has 1 aromatic carbocycles. The normalized spacial score (nSPS) is 26.7. The zero-order chi connectivity index (χ0) is 14.8. The van der Waals surface area contributed by atoms with E-state index in [1.54, 1.807) is 24.3 Å². The molecule has 110 valence electrons. The number of fused-ring (bicyclic) bond motifs is 1. The van der Waals surface area contributed by atoms with Crippen LogP contribution in [0.15, 0.2) is 36.0 Å². The third-order valence-electron chi connectivity index (χ3n) is 4.07. The molecule has 0 spiro atoms. The van der Waals surface area contributed by atoms with E-state index in [0.29, 0.717) is 16.3 Å². The summed E-state index contributed by atoms with van der Waals surface area (Å²) in [7, 11) is 0. The number of halogens is 1. The van der Waals surface area contributed by atoms with Crippen molar-refractivity contribution in [2.45, 2.75) is 37.8 Å². The molecule has 2 fully saturated rings. The fourth-order valence-corrected chi connectivity index (χ4v) is 3.05. The molecule has 1 aromatic rings. The zero-order valence-corrected chi connectivity index (χ0v) is 12.3. The van der Waals surface area contributed by atoms with Crippen LogP contribution in [-0.2, 0) is 4.79 Å². The lowest BCUT2D eigenvalue weighted by molar-refractivity contribution is -0.120. The molecule has 1 amide bonds. The average Bonchev–Trinajstić information content (AvgIpc) is 2.48. The molecule has 2 aliphatic rings. The van der Waals surface area contributed by atoms with Crippen molar-refractivity contribution in [1.82, 2.24) is 10.6 Å². The number of nitrogens with one attached hydrogen (secondary N) is 2. The molecular formula is C16H17ClN2O2. The molecule has 0 bridgehead atoms. The summed E-state index contributed by atoms with van der Waals surface area (Å²) in [6.45, 7) is 0. The molecule has 5 heteroatoms. The van der Waals surface area contributed by atoms with Crippen LogP contribution in [0.3, 0.4) is 0 Å². The van der Waals surface area contributed by atoms with E-state index in [0.717, 1.165) is 25.7 Å². The first-order chi connectivity index (χ1) is 10.1. The van der Waals surface area contributed by atoms with Crippen LogP contribution < -0.4 is 10.6 Å². The molecule has 0 unspecified atom stereocenters. The van der Waals surface area contributed by atoms with Crippen LogP contribution in [0.25, 0.3) is 0 Å². The summed E-state index contributed by atoms with van der Waals surface area (Å²) in [5.74, 6) is -0.390. The maximum atomic E-state index is 12.2. The van der Waals surface area contributed by atoms with Gasteiger partial charge in [0.25, 0.3) is 5.91 Å². The molecular weight excluding hydrogens is 288 g/mol. The predicted octanol–water partition coefficient (Wildman–Crippen LogP) is 2.44. The van der Waals surface area contributed by atoms with Crippen molar-refractivity contribution in [2.24, 2.45) is 0 Å². The van der Waals surface area contributed by atoms with Crippen LogP contribution in [0, 0.1) is 0 Å². The van der Waals surface area contributed by atoms with Crippen LogP contribution >= 0.6 is 11.6 Å². The van der Waals surface area contributed by atoms with Crippen molar-refractivity contribution in [3.63, 3.8) is 0 Å². The van der Waals surface area contributed by atoms with Gasteiger partial charge in [-0.2, -0.15) is 0 Å². The van der Waals surface area contributed by atoms with Crippen molar-refractivity contribution in [3.8, 4) is 0 Å². The van der Waals surface area contributed by atoms with Crippen LogP contribution in [-0.4, -0.2) is 23.8 Å². The number of rotatable bonds is 2. The largest absolute Gasteiger partial charge is 0.376 e. The van der Waals surface area contributed by atoms with Gasteiger partial charge in [-0.15, -0.1) is 0 Å². The second-order valence-electron chi connectivity index (χ2n) is 5.54. The summed E-state index contributed by atoms with van der Waals surface area (Å²) in [5, 5.41) is 6.79. The fourth-order valence-electron chi connectivity index (χ4n) is 2.92. The highest BCUT2D eigenvalue weighted by molar-refractivity contribution is 6.30. The van der Waals surface area contributed by atoms with Gasteiger partial charge in [0.2, 0.25) is 0 Å². The summed E-state index contributed by atoms with van der Waals surface area (Å²) >= 11 is 5.80. The molecule has 0 radical (unpaired) electrons. The van der Waals surface area contributed by atoms with Gasteiger partial charge in [-0.05, 0) is 37.1 Å². The molecule has 21 heavy (non-hydrogen) atoms. The highest BCUT2D eigenvalue weighted by Gasteiger charge is 2.33. The van der Waals surface area contributed by atoms with Gasteiger partial charge < -0.3 is 10.6 Å². The van der Waals surface area contributed by atoms with Gasteiger partial charge in [-0.1, -0.05) is 24.4 Å². The van der Waals surface area contributed by atoms with Crippen LogP contribution in [0.2, 0.25) is 5.02 Å². The summed E-state index contributed by atoms with van der Waals surface area (Å²) < 4.78 is 0. The number of hydrogen-bond acceptors (Lipinski definition) is 3. The highest BCUT2D eigenvalue weighted by atomic mass is 35.5. The Morgan fingerprint density at radius 2 is 1.71 bits per heavy atom. The number of hydrogen-bond donors (Lipinski definition) is 2. The highest BCUT2D eigenvalue weighted by Crippen LogP contribution is 2.22. The Morgan fingerprint density at radius 3 is 2.38 bits per heavy atom. The van der Waals surface area contributed by atoms with Crippen LogP contribution in [0.1, 0.15) is 36.0 Å². The predicted molar refractivity (Wildman–Crippen MR) is 81.2 cm³/mol. The molecule has 1 saturated heterocycles. The van der Waals surface area contributed by atoms with E-state index in [2.05, 4.69) is 10.6 Å². The number of piperazine rings is 1. The van der Waals surface area contributed by atoms with E-state index in [4.69, 9.17) is 11.6 Å². The Morgan fingerprint density at radius 1 is 1.10 bits per heavy atom. The van der Waals surface area contributed by atoms with Crippen molar-refractivity contribution in [2.75, 3.05) is 0 Å². The first-order valence-corrected chi connectivity index (χ1v) is 7.60. The van der Waals surface area contributed by atoms with Gasteiger partial charge in [0.15, 0.2) is 5.78 Å². The van der Waals surface area contributed by atoms with E-state index < -0.39 is 0 Å². The minimum atomic E-state index is -0.196. The lowest BCUT2D eigenvalue weighted by Crippen LogP contribution is -2.58. The van der Waals surface area contributed by atoms with Gasteiger partial charge in [0.1, 0.15) is 5.70 Å². The second kappa shape index (κ2) is 5.90. The first kappa shape index (κ1) is 14.1. The zero-order valence-electron chi connectivity index (χ0n) is 11.6. The fraction of sp³-hybridized carbons (Fsp3) is 0.375. The molecule has 1 aliphatic carbocycles. The lowest BCUT2D eigenvalue weighted by atomic mass is 9.88. The van der Waals surface area contributed by atoms with E-state index in [9.17, 15) is 9.59 Å².